The van der Waals surface area contributed by atoms with Crippen LogP contribution in [-0.4, -0.2) is 43.9 Å². The van der Waals surface area contributed by atoms with Gasteiger partial charge in [0.05, 0.1) is 38.2 Å². The number of thiophene rings is 1. The molecule has 0 fully saturated rings. The van der Waals surface area contributed by atoms with Gasteiger partial charge in [-0.05, 0) is 43.4 Å². The smallest absolute Gasteiger partial charge is 0.341 e. The fourth-order valence-corrected chi connectivity index (χ4v) is 7.44. The largest absolute Gasteiger partial charge is 0.493 e. The van der Waals surface area contributed by atoms with Crippen molar-refractivity contribution in [3.63, 3.8) is 0 Å². The molecule has 10 heteroatoms. The number of anilines is 1. The number of pyridine rings is 1. The van der Waals surface area contributed by atoms with E-state index < -0.39 is 5.97 Å². The number of benzene rings is 2. The first-order chi connectivity index (χ1) is 21.0. The average molecular weight is 614 g/mol. The Kier molecular flexibility index (Phi) is 9.65. The highest BCUT2D eigenvalue weighted by Crippen LogP contribution is 2.43. The zero-order valence-electron chi connectivity index (χ0n) is 24.2. The molecule has 0 saturated heterocycles. The Morgan fingerprint density at radius 2 is 1.81 bits per heavy atom. The highest BCUT2D eigenvalue weighted by molar-refractivity contribution is 7.99. The minimum atomic E-state index is -0.426. The summed E-state index contributed by atoms with van der Waals surface area (Å²) >= 11 is 2.80. The van der Waals surface area contributed by atoms with E-state index in [1.54, 1.807) is 20.3 Å². The van der Waals surface area contributed by atoms with Crippen molar-refractivity contribution in [2.24, 2.45) is 0 Å². The normalized spacial score (nSPS) is 12.1. The third-order valence-electron chi connectivity index (χ3n) is 7.24. The molecule has 5 rings (SSSR count). The second-order valence-electron chi connectivity index (χ2n) is 9.81. The summed E-state index contributed by atoms with van der Waals surface area (Å²) in [5.74, 6) is 0.796. The molecular formula is C33H31N3O5S2. The Morgan fingerprint density at radius 1 is 1.02 bits per heavy atom. The lowest BCUT2D eigenvalue weighted by Crippen LogP contribution is -2.15. The minimum absolute atomic E-state index is 0.160. The van der Waals surface area contributed by atoms with Gasteiger partial charge in [-0.25, -0.2) is 9.78 Å². The van der Waals surface area contributed by atoms with Crippen LogP contribution in [0.2, 0.25) is 0 Å². The van der Waals surface area contributed by atoms with Crippen molar-refractivity contribution in [3.05, 3.63) is 76.2 Å². The number of nitrogens with one attached hydrogen (secondary N) is 1. The van der Waals surface area contributed by atoms with Crippen LogP contribution in [0.15, 0.2) is 59.6 Å². The number of hydrogen-bond donors (Lipinski definition) is 1. The molecule has 1 aliphatic rings. The number of thioether (sulfide) groups is 1. The molecule has 4 aromatic rings. The predicted octanol–water partition coefficient (Wildman–Crippen LogP) is 7.15. The standard InChI is InChI=1S/C33H31N3O5S2/c1-39-26-14-9-13-21(30(26)40-2)23-18-25(20-10-5-4-6-11-20)35-31(24(23)19-34)42-17-16-28(37)36-32-29(33(38)41-3)22-12-7-8-15-27(22)43-32/h4-6,9-11,13-14,18H,7-8,12,15-17H2,1-3H3,(H,36,37). The second-order valence-corrected chi connectivity index (χ2v) is 12.0. The molecule has 0 spiro atoms. The summed E-state index contributed by atoms with van der Waals surface area (Å²) in [7, 11) is 4.49. The molecule has 220 valence electrons. The number of ether oxygens (including phenoxy) is 3. The number of para-hydroxylation sites is 1. The second kappa shape index (κ2) is 13.8. The van der Waals surface area contributed by atoms with Crippen molar-refractivity contribution in [1.29, 1.82) is 5.26 Å². The molecule has 0 unspecified atom stereocenters. The number of aryl methyl sites for hydroxylation is 1. The molecule has 0 aliphatic heterocycles. The van der Waals surface area contributed by atoms with Crippen molar-refractivity contribution < 1.29 is 23.8 Å². The predicted molar refractivity (Wildman–Crippen MR) is 169 cm³/mol. The highest BCUT2D eigenvalue weighted by Gasteiger charge is 2.27. The van der Waals surface area contributed by atoms with E-state index in [1.165, 1.54) is 30.2 Å². The molecule has 2 aromatic heterocycles. The van der Waals surface area contributed by atoms with Gasteiger partial charge in [0.25, 0.3) is 0 Å². The van der Waals surface area contributed by atoms with Gasteiger partial charge in [0.15, 0.2) is 11.5 Å². The summed E-state index contributed by atoms with van der Waals surface area (Å²) in [5, 5.41) is 14.3. The van der Waals surface area contributed by atoms with Gasteiger partial charge < -0.3 is 19.5 Å². The molecule has 43 heavy (non-hydrogen) atoms. The van der Waals surface area contributed by atoms with Crippen LogP contribution in [-0.2, 0) is 22.4 Å². The number of aromatic nitrogens is 1. The Hall–Kier alpha value is -4.33. The fourth-order valence-electron chi connectivity index (χ4n) is 5.20. The number of esters is 1. The Balaban J connectivity index is 1.43. The fraction of sp³-hybridized carbons (Fsp3) is 0.273. The molecule has 0 saturated carbocycles. The quantitative estimate of drug-likeness (QED) is 0.148. The summed E-state index contributed by atoms with van der Waals surface area (Å²) in [6.45, 7) is 0. The molecule has 2 heterocycles. The third kappa shape index (κ3) is 6.38. The van der Waals surface area contributed by atoms with Gasteiger partial charge in [-0.2, -0.15) is 5.26 Å². The van der Waals surface area contributed by atoms with Crippen LogP contribution in [0, 0.1) is 11.3 Å². The van der Waals surface area contributed by atoms with Gasteiger partial charge in [0.1, 0.15) is 16.1 Å². The monoisotopic (exact) mass is 613 g/mol. The number of carbonyl (C=O) groups is 2. The maximum atomic E-state index is 13.1. The van der Waals surface area contributed by atoms with Crippen molar-refractivity contribution in [2.75, 3.05) is 32.4 Å². The lowest BCUT2D eigenvalue weighted by Gasteiger charge is -2.16. The zero-order valence-corrected chi connectivity index (χ0v) is 25.8. The van der Waals surface area contributed by atoms with Gasteiger partial charge >= 0.3 is 5.97 Å². The van der Waals surface area contributed by atoms with Crippen molar-refractivity contribution >= 4 is 40.0 Å². The number of methoxy groups -OCH3 is 3. The van der Waals surface area contributed by atoms with E-state index in [-0.39, 0.29) is 12.3 Å². The lowest BCUT2D eigenvalue weighted by molar-refractivity contribution is -0.115. The third-order valence-corrected chi connectivity index (χ3v) is 9.43. The molecule has 1 N–H and O–H groups in total. The van der Waals surface area contributed by atoms with Gasteiger partial charge in [0, 0.05) is 33.7 Å². The number of fused-ring (bicyclic) bond motifs is 1. The van der Waals surface area contributed by atoms with Crippen molar-refractivity contribution in [1.82, 2.24) is 4.98 Å². The molecular weight excluding hydrogens is 583 g/mol. The van der Waals surface area contributed by atoms with Gasteiger partial charge in [-0.1, -0.05) is 42.5 Å². The molecule has 1 aliphatic carbocycles. The summed E-state index contributed by atoms with van der Waals surface area (Å²) < 4.78 is 16.2. The van der Waals surface area contributed by atoms with Crippen LogP contribution in [0.1, 0.15) is 45.6 Å². The Bertz CT molecular complexity index is 1700. The number of nitriles is 1. The van der Waals surface area contributed by atoms with Crippen molar-refractivity contribution in [2.45, 2.75) is 37.1 Å². The van der Waals surface area contributed by atoms with Gasteiger partial charge in [-0.15, -0.1) is 23.1 Å². The molecule has 0 atom stereocenters. The van der Waals surface area contributed by atoms with Gasteiger partial charge in [0.2, 0.25) is 5.91 Å². The van der Waals surface area contributed by atoms with E-state index in [1.807, 2.05) is 48.5 Å². The number of carbonyl (C=O) groups excluding carboxylic acids is 2. The van der Waals surface area contributed by atoms with Gasteiger partial charge in [-0.3, -0.25) is 4.79 Å². The van der Waals surface area contributed by atoms with Crippen LogP contribution in [0.25, 0.3) is 22.4 Å². The van der Waals surface area contributed by atoms with E-state index in [0.717, 1.165) is 41.7 Å². The van der Waals surface area contributed by atoms with E-state index in [0.29, 0.717) is 55.2 Å². The molecule has 8 nitrogen and oxygen atoms in total. The van der Waals surface area contributed by atoms with E-state index in [9.17, 15) is 14.9 Å². The van der Waals surface area contributed by atoms with Crippen LogP contribution in [0.3, 0.4) is 0 Å². The SMILES string of the molecule is COC(=O)c1c(NC(=O)CCSc2nc(-c3ccccc3)cc(-c3cccc(OC)c3OC)c2C#N)sc2c1CCCC2. The summed E-state index contributed by atoms with van der Waals surface area (Å²) in [5.41, 5.74) is 4.80. The Labute approximate surface area is 259 Å². The molecule has 1 amide bonds. The summed E-state index contributed by atoms with van der Waals surface area (Å²) in [6.07, 6.45) is 3.95. The van der Waals surface area contributed by atoms with Crippen LogP contribution in [0.4, 0.5) is 5.00 Å². The number of amides is 1. The minimum Gasteiger partial charge on any atom is -0.493 e. The lowest BCUT2D eigenvalue weighted by atomic mass is 9.95. The van der Waals surface area contributed by atoms with E-state index in [2.05, 4.69) is 11.4 Å². The molecule has 2 aromatic carbocycles. The first-order valence-corrected chi connectivity index (χ1v) is 15.7. The van der Waals surface area contributed by atoms with Crippen LogP contribution >= 0.6 is 23.1 Å². The number of hydrogen-bond acceptors (Lipinski definition) is 9. The van der Waals surface area contributed by atoms with Crippen LogP contribution < -0.4 is 14.8 Å². The molecule has 0 radical (unpaired) electrons. The first kappa shape index (κ1) is 30.1. The zero-order chi connectivity index (χ0) is 30.3. The highest BCUT2D eigenvalue weighted by atomic mass is 32.2. The van der Waals surface area contributed by atoms with Crippen LogP contribution in [0.5, 0.6) is 11.5 Å². The Morgan fingerprint density at radius 3 is 2.53 bits per heavy atom. The van der Waals surface area contributed by atoms with E-state index >= 15 is 0 Å². The maximum absolute atomic E-state index is 13.1. The topological polar surface area (TPSA) is 111 Å². The molecule has 0 bridgehead atoms. The number of rotatable bonds is 10. The maximum Gasteiger partial charge on any atom is 0.341 e. The summed E-state index contributed by atoms with van der Waals surface area (Å²) in [6, 6.07) is 19.5. The van der Waals surface area contributed by atoms with Crippen molar-refractivity contribution in [3.8, 4) is 40.0 Å². The number of nitrogens with zero attached hydrogens (tertiary/aromatic N) is 2. The van der Waals surface area contributed by atoms with E-state index in [4.69, 9.17) is 19.2 Å². The first-order valence-electron chi connectivity index (χ1n) is 13.9. The summed E-state index contributed by atoms with van der Waals surface area (Å²) in [4.78, 5) is 31.6. The average Bonchev–Trinajstić information content (AvgIpc) is 3.41.